The van der Waals surface area contributed by atoms with Crippen LogP contribution in [0.1, 0.15) is 11.5 Å². The summed E-state index contributed by atoms with van der Waals surface area (Å²) < 4.78 is 20.4. The molecule has 5 nitrogen and oxygen atoms in total. The Balaban J connectivity index is 1.56. The van der Waals surface area contributed by atoms with E-state index in [0.29, 0.717) is 12.2 Å². The molecule has 3 aromatic heterocycles. The first kappa shape index (κ1) is 15.6. The molecule has 1 N–H and O–H groups in total. The Bertz CT molecular complexity index is 990. The molecule has 4 rings (SSSR count). The second kappa shape index (κ2) is 6.52. The molecular weight excluding hydrogens is 339 g/mol. The van der Waals surface area contributed by atoms with Gasteiger partial charge in [0.1, 0.15) is 17.3 Å². The number of anilines is 1. The minimum absolute atomic E-state index is 0.284. The summed E-state index contributed by atoms with van der Waals surface area (Å²) in [5.74, 6) is 0.567. The number of thiazole rings is 1. The van der Waals surface area contributed by atoms with Crippen LogP contribution in [-0.2, 0) is 6.54 Å². The lowest BCUT2D eigenvalue weighted by molar-refractivity contribution is 0.518. The third kappa shape index (κ3) is 3.32. The molecule has 1 aromatic carbocycles. The summed E-state index contributed by atoms with van der Waals surface area (Å²) in [7, 11) is 0. The fourth-order valence-corrected chi connectivity index (χ4v) is 3.42. The van der Waals surface area contributed by atoms with E-state index in [2.05, 4.69) is 15.4 Å². The van der Waals surface area contributed by atoms with Crippen molar-refractivity contribution in [3.05, 3.63) is 72.2 Å². The van der Waals surface area contributed by atoms with E-state index in [1.165, 1.54) is 23.5 Å². The average molecular weight is 354 g/mol. The molecule has 0 spiro atoms. The standard InChI is InChI=1S/C18H15FN4OS/c1-12-17(25-18(21-12)20-11-15-6-3-9-24-15)16-7-8-23(22-16)14-5-2-4-13(19)10-14/h2-10H,11H2,1H3,(H,20,21). The number of hydrogen-bond donors (Lipinski definition) is 1. The number of rotatable bonds is 5. The third-order valence-electron chi connectivity index (χ3n) is 3.68. The molecule has 0 aliphatic rings. The predicted octanol–water partition coefficient (Wildman–Crippen LogP) is 4.65. The van der Waals surface area contributed by atoms with Crippen LogP contribution >= 0.6 is 11.3 Å². The van der Waals surface area contributed by atoms with Crippen LogP contribution in [-0.4, -0.2) is 14.8 Å². The van der Waals surface area contributed by atoms with Crippen molar-refractivity contribution in [2.75, 3.05) is 5.32 Å². The summed E-state index contributed by atoms with van der Waals surface area (Å²) in [5, 5.41) is 8.61. The maximum atomic E-state index is 13.4. The van der Waals surface area contributed by atoms with E-state index in [1.807, 2.05) is 37.4 Å². The van der Waals surface area contributed by atoms with Gasteiger partial charge in [-0.2, -0.15) is 5.10 Å². The van der Waals surface area contributed by atoms with Crippen LogP contribution in [0.2, 0.25) is 0 Å². The van der Waals surface area contributed by atoms with Crippen LogP contribution in [0, 0.1) is 12.7 Å². The molecule has 0 unspecified atom stereocenters. The molecule has 0 saturated heterocycles. The highest BCUT2D eigenvalue weighted by Gasteiger charge is 2.13. The predicted molar refractivity (Wildman–Crippen MR) is 95.4 cm³/mol. The number of halogens is 1. The van der Waals surface area contributed by atoms with Gasteiger partial charge in [0.15, 0.2) is 5.13 Å². The third-order valence-corrected chi connectivity index (χ3v) is 4.82. The first-order valence-electron chi connectivity index (χ1n) is 7.75. The fraction of sp³-hybridized carbons (Fsp3) is 0.111. The summed E-state index contributed by atoms with van der Waals surface area (Å²) in [5.41, 5.74) is 2.39. The van der Waals surface area contributed by atoms with Crippen molar-refractivity contribution < 1.29 is 8.81 Å². The zero-order chi connectivity index (χ0) is 17.2. The first-order valence-corrected chi connectivity index (χ1v) is 8.56. The van der Waals surface area contributed by atoms with Crippen LogP contribution in [0.25, 0.3) is 16.3 Å². The molecule has 0 fully saturated rings. The monoisotopic (exact) mass is 354 g/mol. The van der Waals surface area contributed by atoms with Gasteiger partial charge >= 0.3 is 0 Å². The maximum Gasteiger partial charge on any atom is 0.183 e. The minimum Gasteiger partial charge on any atom is -0.467 e. The second-order valence-corrected chi connectivity index (χ2v) is 6.49. The summed E-state index contributed by atoms with van der Waals surface area (Å²) in [6.07, 6.45) is 3.47. The molecule has 0 aliphatic heterocycles. The van der Waals surface area contributed by atoms with Crippen LogP contribution in [0.3, 0.4) is 0 Å². The largest absolute Gasteiger partial charge is 0.467 e. The van der Waals surface area contributed by atoms with Crippen LogP contribution in [0.4, 0.5) is 9.52 Å². The van der Waals surface area contributed by atoms with Gasteiger partial charge in [-0.25, -0.2) is 14.1 Å². The molecule has 0 atom stereocenters. The lowest BCUT2D eigenvalue weighted by Gasteiger charge is -2.00. The summed E-state index contributed by atoms with van der Waals surface area (Å²) >= 11 is 1.53. The molecule has 4 aromatic rings. The van der Waals surface area contributed by atoms with Crippen molar-refractivity contribution >= 4 is 16.5 Å². The van der Waals surface area contributed by atoms with Gasteiger partial charge < -0.3 is 9.73 Å². The van der Waals surface area contributed by atoms with Crippen molar-refractivity contribution in [1.29, 1.82) is 0 Å². The highest BCUT2D eigenvalue weighted by molar-refractivity contribution is 7.19. The van der Waals surface area contributed by atoms with Gasteiger partial charge in [-0.05, 0) is 43.3 Å². The SMILES string of the molecule is Cc1nc(NCc2ccco2)sc1-c1ccn(-c2cccc(F)c2)n1. The number of benzene rings is 1. The number of furan rings is 1. The van der Waals surface area contributed by atoms with Gasteiger partial charge in [0.05, 0.1) is 29.1 Å². The Kier molecular flexibility index (Phi) is 4.07. The van der Waals surface area contributed by atoms with Crippen molar-refractivity contribution in [2.45, 2.75) is 13.5 Å². The summed E-state index contributed by atoms with van der Waals surface area (Å²) in [4.78, 5) is 5.52. The van der Waals surface area contributed by atoms with E-state index in [4.69, 9.17) is 4.42 Å². The lowest BCUT2D eigenvalue weighted by atomic mass is 10.3. The van der Waals surface area contributed by atoms with Gasteiger partial charge in [0.25, 0.3) is 0 Å². The highest BCUT2D eigenvalue weighted by atomic mass is 32.1. The average Bonchev–Trinajstić information content (AvgIpc) is 3.34. The van der Waals surface area contributed by atoms with E-state index in [0.717, 1.165) is 27.2 Å². The Hall–Kier alpha value is -2.93. The molecule has 0 aliphatic carbocycles. The Morgan fingerprint density at radius 2 is 2.16 bits per heavy atom. The Morgan fingerprint density at radius 1 is 1.24 bits per heavy atom. The van der Waals surface area contributed by atoms with Crippen LogP contribution in [0.15, 0.2) is 59.3 Å². The smallest absolute Gasteiger partial charge is 0.183 e. The zero-order valence-electron chi connectivity index (χ0n) is 13.4. The fourth-order valence-electron chi connectivity index (χ4n) is 2.49. The quantitative estimate of drug-likeness (QED) is 0.567. The summed E-state index contributed by atoms with van der Waals surface area (Å²) in [6.45, 7) is 2.53. The van der Waals surface area contributed by atoms with Gasteiger partial charge in [-0.1, -0.05) is 17.4 Å². The molecule has 126 valence electrons. The molecule has 3 heterocycles. The molecule has 7 heteroatoms. The topological polar surface area (TPSA) is 55.9 Å². The van der Waals surface area contributed by atoms with Crippen LogP contribution < -0.4 is 5.32 Å². The second-order valence-electron chi connectivity index (χ2n) is 5.49. The van der Waals surface area contributed by atoms with Crippen molar-refractivity contribution in [2.24, 2.45) is 0 Å². The Morgan fingerprint density at radius 3 is 2.96 bits per heavy atom. The van der Waals surface area contributed by atoms with Gasteiger partial charge in [-0.15, -0.1) is 0 Å². The van der Waals surface area contributed by atoms with Crippen molar-refractivity contribution in [3.8, 4) is 16.3 Å². The van der Waals surface area contributed by atoms with E-state index in [9.17, 15) is 4.39 Å². The first-order chi connectivity index (χ1) is 12.2. The van der Waals surface area contributed by atoms with Crippen molar-refractivity contribution in [3.63, 3.8) is 0 Å². The van der Waals surface area contributed by atoms with E-state index in [1.54, 1.807) is 17.0 Å². The number of aryl methyl sites for hydroxylation is 1. The van der Waals surface area contributed by atoms with E-state index >= 15 is 0 Å². The molecule has 0 saturated carbocycles. The van der Waals surface area contributed by atoms with Gasteiger partial charge in [-0.3, -0.25) is 0 Å². The number of nitrogens with zero attached hydrogens (tertiary/aromatic N) is 3. The molecule has 25 heavy (non-hydrogen) atoms. The van der Waals surface area contributed by atoms with Gasteiger partial charge in [0.2, 0.25) is 0 Å². The van der Waals surface area contributed by atoms with Crippen molar-refractivity contribution in [1.82, 2.24) is 14.8 Å². The number of hydrogen-bond acceptors (Lipinski definition) is 5. The van der Waals surface area contributed by atoms with E-state index < -0.39 is 0 Å². The molecule has 0 amide bonds. The van der Waals surface area contributed by atoms with Crippen LogP contribution in [0.5, 0.6) is 0 Å². The number of aromatic nitrogens is 3. The normalized spacial score (nSPS) is 11.0. The summed E-state index contributed by atoms with van der Waals surface area (Å²) in [6, 6.07) is 12.0. The highest BCUT2D eigenvalue weighted by Crippen LogP contribution is 2.32. The number of nitrogens with one attached hydrogen (secondary N) is 1. The molecular formula is C18H15FN4OS. The lowest BCUT2D eigenvalue weighted by Crippen LogP contribution is -1.97. The molecule has 0 bridgehead atoms. The van der Waals surface area contributed by atoms with Gasteiger partial charge in [0, 0.05) is 6.20 Å². The molecule has 0 radical (unpaired) electrons. The minimum atomic E-state index is -0.284. The maximum absolute atomic E-state index is 13.4. The zero-order valence-corrected chi connectivity index (χ0v) is 14.3. The Labute approximate surface area is 147 Å². The van der Waals surface area contributed by atoms with E-state index in [-0.39, 0.29) is 5.82 Å².